The molecule has 3 rings (SSSR count). The number of hydrogen-bond donors (Lipinski definition) is 1. The van der Waals surface area contributed by atoms with Crippen molar-refractivity contribution in [3.05, 3.63) is 55.8 Å². The van der Waals surface area contributed by atoms with E-state index in [-0.39, 0.29) is 17.3 Å². The number of halogens is 2. The SMILES string of the molecule is O=C(O)Cn1cc(/C=C/c2nc3ccc(Br)cn3c(=O)c2Cl)nn1. The molecule has 0 aliphatic rings. The van der Waals surface area contributed by atoms with Crippen LogP contribution < -0.4 is 5.56 Å². The first-order valence-corrected chi connectivity index (χ1v) is 7.78. The molecule has 3 aromatic heterocycles. The summed E-state index contributed by atoms with van der Waals surface area (Å²) in [5.41, 5.74) is 0.765. The van der Waals surface area contributed by atoms with Gasteiger partial charge in [0.1, 0.15) is 22.9 Å². The van der Waals surface area contributed by atoms with Gasteiger partial charge in [-0.3, -0.25) is 14.0 Å². The van der Waals surface area contributed by atoms with Crippen LogP contribution >= 0.6 is 27.5 Å². The molecule has 0 saturated carbocycles. The largest absolute Gasteiger partial charge is 0.480 e. The lowest BCUT2D eigenvalue weighted by Gasteiger charge is -2.03. The molecule has 0 amide bonds. The van der Waals surface area contributed by atoms with Gasteiger partial charge in [0.25, 0.3) is 5.56 Å². The van der Waals surface area contributed by atoms with E-state index < -0.39 is 11.5 Å². The Hall–Kier alpha value is -2.52. The Balaban J connectivity index is 1.96. The van der Waals surface area contributed by atoms with Gasteiger partial charge < -0.3 is 5.11 Å². The number of aliphatic carboxylic acids is 1. The molecule has 0 spiro atoms. The fourth-order valence-electron chi connectivity index (χ4n) is 1.99. The van der Waals surface area contributed by atoms with Crippen molar-refractivity contribution in [2.24, 2.45) is 0 Å². The Bertz CT molecular complexity index is 1030. The molecule has 3 aromatic rings. The van der Waals surface area contributed by atoms with Crippen LogP contribution in [0.3, 0.4) is 0 Å². The number of carbonyl (C=O) groups is 1. The van der Waals surface area contributed by atoms with Gasteiger partial charge >= 0.3 is 5.97 Å². The predicted molar refractivity (Wildman–Crippen MR) is 90.8 cm³/mol. The van der Waals surface area contributed by atoms with Gasteiger partial charge in [0, 0.05) is 10.7 Å². The van der Waals surface area contributed by atoms with Crippen LogP contribution in [0.4, 0.5) is 0 Å². The summed E-state index contributed by atoms with van der Waals surface area (Å²) >= 11 is 9.37. The fourth-order valence-corrected chi connectivity index (χ4v) is 2.52. The third-order valence-electron chi connectivity index (χ3n) is 3.02. The van der Waals surface area contributed by atoms with Crippen LogP contribution in [0.1, 0.15) is 11.4 Å². The molecule has 0 aliphatic heterocycles. The Labute approximate surface area is 148 Å². The lowest BCUT2D eigenvalue weighted by molar-refractivity contribution is -0.137. The van der Waals surface area contributed by atoms with Crippen molar-refractivity contribution in [3.63, 3.8) is 0 Å². The summed E-state index contributed by atoms with van der Waals surface area (Å²) in [4.78, 5) is 27.2. The molecule has 0 aliphatic carbocycles. The zero-order valence-electron chi connectivity index (χ0n) is 11.9. The maximum atomic E-state index is 12.3. The zero-order chi connectivity index (χ0) is 17.3. The van der Waals surface area contributed by atoms with Crippen LogP contribution in [0, 0.1) is 0 Å². The Morgan fingerprint density at radius 1 is 1.33 bits per heavy atom. The van der Waals surface area contributed by atoms with E-state index in [1.54, 1.807) is 24.4 Å². The molecule has 24 heavy (non-hydrogen) atoms. The highest BCUT2D eigenvalue weighted by Gasteiger charge is 2.09. The third kappa shape index (κ3) is 3.36. The molecule has 8 nitrogen and oxygen atoms in total. The summed E-state index contributed by atoms with van der Waals surface area (Å²) in [6.07, 6.45) is 6.13. The topological polar surface area (TPSA) is 102 Å². The fraction of sp³-hybridized carbons (Fsp3) is 0.0714. The quantitative estimate of drug-likeness (QED) is 0.705. The Kier molecular flexibility index (Phi) is 4.45. The molecular weight excluding hydrogens is 402 g/mol. The number of rotatable bonds is 4. The third-order valence-corrected chi connectivity index (χ3v) is 3.85. The van der Waals surface area contributed by atoms with Gasteiger partial charge in [-0.25, -0.2) is 9.67 Å². The minimum atomic E-state index is -1.02. The molecule has 122 valence electrons. The first-order valence-electron chi connectivity index (χ1n) is 6.61. The van der Waals surface area contributed by atoms with Crippen molar-refractivity contribution < 1.29 is 9.90 Å². The van der Waals surface area contributed by atoms with Gasteiger partial charge in [0.05, 0.1) is 11.9 Å². The maximum absolute atomic E-state index is 12.3. The van der Waals surface area contributed by atoms with Crippen LogP contribution in [0.25, 0.3) is 17.8 Å². The van der Waals surface area contributed by atoms with E-state index >= 15 is 0 Å². The van der Waals surface area contributed by atoms with Gasteiger partial charge in [-0.2, -0.15) is 0 Å². The van der Waals surface area contributed by atoms with Gasteiger partial charge in [0.15, 0.2) is 0 Å². The highest BCUT2D eigenvalue weighted by atomic mass is 79.9. The number of hydrogen-bond acceptors (Lipinski definition) is 5. The summed E-state index contributed by atoms with van der Waals surface area (Å²) in [6, 6.07) is 3.45. The molecule has 0 atom stereocenters. The maximum Gasteiger partial charge on any atom is 0.325 e. The summed E-state index contributed by atoms with van der Waals surface area (Å²) in [5.74, 6) is -1.02. The second kappa shape index (κ2) is 6.54. The average Bonchev–Trinajstić information content (AvgIpc) is 2.97. The Morgan fingerprint density at radius 3 is 2.88 bits per heavy atom. The van der Waals surface area contributed by atoms with Crippen LogP contribution in [0.5, 0.6) is 0 Å². The number of carboxylic acid groups (broad SMARTS) is 1. The molecule has 0 aromatic carbocycles. The molecule has 0 bridgehead atoms. The molecule has 0 fully saturated rings. The average molecular weight is 411 g/mol. The van der Waals surface area contributed by atoms with E-state index in [0.717, 1.165) is 4.47 Å². The molecule has 0 radical (unpaired) electrons. The second-order valence-corrected chi connectivity index (χ2v) is 6.05. The van der Waals surface area contributed by atoms with Crippen LogP contribution in [0.15, 0.2) is 33.8 Å². The minimum absolute atomic E-state index is 0.0280. The molecule has 3 heterocycles. The van der Waals surface area contributed by atoms with Crippen LogP contribution in [-0.4, -0.2) is 35.5 Å². The van der Waals surface area contributed by atoms with E-state index in [1.807, 2.05) is 0 Å². The first kappa shape index (κ1) is 16.3. The molecule has 10 heteroatoms. The zero-order valence-corrected chi connectivity index (χ0v) is 14.3. The van der Waals surface area contributed by atoms with Gasteiger partial charge in [-0.05, 0) is 40.2 Å². The number of aromatic nitrogens is 5. The van der Waals surface area contributed by atoms with Crippen LogP contribution in [-0.2, 0) is 11.3 Å². The summed E-state index contributed by atoms with van der Waals surface area (Å²) in [5, 5.41) is 16.2. The monoisotopic (exact) mass is 409 g/mol. The number of nitrogens with zero attached hydrogens (tertiary/aromatic N) is 5. The van der Waals surface area contributed by atoms with E-state index in [4.69, 9.17) is 16.7 Å². The van der Waals surface area contributed by atoms with E-state index in [0.29, 0.717) is 11.3 Å². The standard InChI is InChI=1S/C14H9BrClN5O3/c15-8-1-4-11-17-10(13(16)14(24)21(11)5-8)3-2-9-6-20(19-18-9)7-12(22)23/h1-6H,7H2,(H,22,23)/b3-2+. The minimum Gasteiger partial charge on any atom is -0.480 e. The normalized spacial score (nSPS) is 11.4. The Morgan fingerprint density at radius 2 is 2.12 bits per heavy atom. The van der Waals surface area contributed by atoms with E-state index in [1.165, 1.54) is 21.4 Å². The smallest absolute Gasteiger partial charge is 0.325 e. The van der Waals surface area contributed by atoms with Crippen molar-refractivity contribution in [2.45, 2.75) is 6.54 Å². The highest BCUT2D eigenvalue weighted by molar-refractivity contribution is 9.10. The van der Waals surface area contributed by atoms with Crippen molar-refractivity contribution in [1.82, 2.24) is 24.4 Å². The van der Waals surface area contributed by atoms with Crippen molar-refractivity contribution in [1.29, 1.82) is 0 Å². The predicted octanol–water partition coefficient (Wildman–Crippen LogP) is 1.96. The van der Waals surface area contributed by atoms with Crippen LogP contribution in [0.2, 0.25) is 5.02 Å². The van der Waals surface area contributed by atoms with E-state index in [2.05, 4.69) is 31.2 Å². The molecular formula is C14H9BrClN5O3. The lowest BCUT2D eigenvalue weighted by atomic mass is 10.3. The first-order chi connectivity index (χ1) is 11.4. The number of fused-ring (bicyclic) bond motifs is 1. The molecule has 1 N–H and O–H groups in total. The molecule has 0 saturated heterocycles. The number of carboxylic acids is 1. The van der Waals surface area contributed by atoms with E-state index in [9.17, 15) is 9.59 Å². The summed E-state index contributed by atoms with van der Waals surface area (Å²) in [7, 11) is 0. The van der Waals surface area contributed by atoms with Crippen molar-refractivity contribution >= 4 is 51.3 Å². The van der Waals surface area contributed by atoms with Gasteiger partial charge in [-0.15, -0.1) is 5.10 Å². The van der Waals surface area contributed by atoms with Gasteiger partial charge in [0.2, 0.25) is 0 Å². The van der Waals surface area contributed by atoms with Gasteiger partial charge in [-0.1, -0.05) is 16.8 Å². The highest BCUT2D eigenvalue weighted by Crippen LogP contribution is 2.15. The summed E-state index contributed by atoms with van der Waals surface area (Å²) < 4.78 is 3.25. The second-order valence-electron chi connectivity index (χ2n) is 4.76. The van der Waals surface area contributed by atoms with Crippen molar-refractivity contribution in [3.8, 4) is 0 Å². The van der Waals surface area contributed by atoms with Crippen molar-refractivity contribution in [2.75, 3.05) is 0 Å². The molecule has 0 unspecified atom stereocenters. The lowest BCUT2D eigenvalue weighted by Crippen LogP contribution is -2.16. The summed E-state index contributed by atoms with van der Waals surface area (Å²) in [6.45, 7) is -0.286. The number of pyridine rings is 1.